The standard InChI is InChI=1S/C23H17Cl2NO2S/c24-15-3-1-2-13(8-15)19-10-17(27)11-20(14-6-7-29-12-14)23(19)18-5-4-16(25)9-21(18)26-22(23)28/h1-9,12,19-20H,10-11H2,(H,26,28)/t19-,20-,23-/m0/s1. The molecule has 146 valence electrons. The minimum Gasteiger partial charge on any atom is -0.325 e. The summed E-state index contributed by atoms with van der Waals surface area (Å²) < 4.78 is 0. The second-order valence-electron chi connectivity index (χ2n) is 7.68. The van der Waals surface area contributed by atoms with Gasteiger partial charge in [0.1, 0.15) is 5.78 Å². The fraction of sp³-hybridized carbons (Fsp3) is 0.217. The van der Waals surface area contributed by atoms with Crippen LogP contribution in [0.2, 0.25) is 10.0 Å². The highest BCUT2D eigenvalue weighted by Gasteiger charge is 2.60. The van der Waals surface area contributed by atoms with Crippen LogP contribution in [0, 0.1) is 0 Å². The summed E-state index contributed by atoms with van der Waals surface area (Å²) in [6.07, 6.45) is 0.639. The van der Waals surface area contributed by atoms with Gasteiger partial charge in [-0.15, -0.1) is 0 Å². The van der Waals surface area contributed by atoms with Crippen LogP contribution in [-0.2, 0) is 15.0 Å². The quantitative estimate of drug-likeness (QED) is 0.516. The van der Waals surface area contributed by atoms with E-state index < -0.39 is 5.41 Å². The monoisotopic (exact) mass is 441 g/mol. The van der Waals surface area contributed by atoms with E-state index in [-0.39, 0.29) is 23.5 Å². The van der Waals surface area contributed by atoms with Gasteiger partial charge in [0.25, 0.3) is 0 Å². The first kappa shape index (κ1) is 18.9. The van der Waals surface area contributed by atoms with Crippen molar-refractivity contribution in [3.8, 4) is 0 Å². The van der Waals surface area contributed by atoms with Crippen molar-refractivity contribution in [1.82, 2.24) is 0 Å². The maximum absolute atomic E-state index is 13.7. The largest absolute Gasteiger partial charge is 0.325 e. The number of thiophene rings is 1. The molecule has 1 spiro atoms. The average Bonchev–Trinajstić information content (AvgIpc) is 3.31. The number of anilines is 1. The molecule has 1 aromatic heterocycles. The third-order valence-corrected chi connectivity index (χ3v) is 7.38. The van der Waals surface area contributed by atoms with Crippen LogP contribution in [0.1, 0.15) is 41.4 Å². The highest BCUT2D eigenvalue weighted by molar-refractivity contribution is 7.08. The Morgan fingerprint density at radius 3 is 2.41 bits per heavy atom. The molecule has 0 unspecified atom stereocenters. The van der Waals surface area contributed by atoms with Crippen LogP contribution in [-0.4, -0.2) is 11.7 Å². The Morgan fingerprint density at radius 2 is 1.69 bits per heavy atom. The average molecular weight is 442 g/mol. The molecule has 2 aromatic carbocycles. The zero-order chi connectivity index (χ0) is 20.2. The van der Waals surface area contributed by atoms with Gasteiger partial charge in [-0.2, -0.15) is 11.3 Å². The van der Waals surface area contributed by atoms with Crippen molar-refractivity contribution < 1.29 is 9.59 Å². The Hall–Kier alpha value is -2.14. The fourth-order valence-corrected chi connectivity index (χ4v) is 6.17. The van der Waals surface area contributed by atoms with Crippen LogP contribution >= 0.6 is 34.5 Å². The molecule has 5 rings (SSSR count). The molecule has 1 amide bonds. The smallest absolute Gasteiger partial charge is 0.236 e. The number of nitrogens with one attached hydrogen (secondary N) is 1. The van der Waals surface area contributed by atoms with E-state index in [4.69, 9.17) is 23.2 Å². The number of amides is 1. The molecule has 2 aliphatic rings. The van der Waals surface area contributed by atoms with Crippen molar-refractivity contribution in [2.75, 3.05) is 5.32 Å². The Balaban J connectivity index is 1.81. The van der Waals surface area contributed by atoms with Crippen LogP contribution in [0.15, 0.2) is 59.3 Å². The zero-order valence-corrected chi connectivity index (χ0v) is 17.7. The maximum atomic E-state index is 13.7. The van der Waals surface area contributed by atoms with Gasteiger partial charge < -0.3 is 5.32 Å². The van der Waals surface area contributed by atoms with E-state index in [1.54, 1.807) is 23.5 Å². The topological polar surface area (TPSA) is 46.2 Å². The molecule has 0 saturated heterocycles. The lowest BCUT2D eigenvalue weighted by Crippen LogP contribution is -2.50. The number of fused-ring (bicyclic) bond motifs is 2. The normalized spacial score (nSPS) is 25.9. The second kappa shape index (κ2) is 6.98. The van der Waals surface area contributed by atoms with Gasteiger partial charge in [0.15, 0.2) is 0 Å². The first-order chi connectivity index (χ1) is 14.0. The summed E-state index contributed by atoms with van der Waals surface area (Å²) in [6, 6.07) is 15.1. The molecule has 1 fully saturated rings. The summed E-state index contributed by atoms with van der Waals surface area (Å²) in [5.74, 6) is -0.480. The zero-order valence-electron chi connectivity index (χ0n) is 15.3. The third-order valence-electron chi connectivity index (χ3n) is 6.21. The van der Waals surface area contributed by atoms with E-state index in [9.17, 15) is 9.59 Å². The summed E-state index contributed by atoms with van der Waals surface area (Å²) in [5, 5.41) is 8.25. The lowest BCUT2D eigenvalue weighted by atomic mass is 9.54. The number of ketones is 1. The van der Waals surface area contributed by atoms with Crippen molar-refractivity contribution in [3.63, 3.8) is 0 Å². The molecule has 1 N–H and O–H groups in total. The van der Waals surface area contributed by atoms with Gasteiger partial charge in [0.2, 0.25) is 5.91 Å². The third kappa shape index (κ3) is 2.85. The van der Waals surface area contributed by atoms with Gasteiger partial charge in [-0.3, -0.25) is 9.59 Å². The van der Waals surface area contributed by atoms with E-state index in [0.717, 1.165) is 22.4 Å². The summed E-state index contributed by atoms with van der Waals surface area (Å²) in [6.45, 7) is 0. The van der Waals surface area contributed by atoms with Crippen molar-refractivity contribution in [1.29, 1.82) is 0 Å². The Bertz CT molecular complexity index is 1130. The molecule has 29 heavy (non-hydrogen) atoms. The first-order valence-corrected chi connectivity index (χ1v) is 11.1. The number of carbonyl (C=O) groups is 2. The van der Waals surface area contributed by atoms with E-state index in [1.807, 2.05) is 47.2 Å². The summed E-state index contributed by atoms with van der Waals surface area (Å²) in [4.78, 5) is 26.6. The van der Waals surface area contributed by atoms with Gasteiger partial charge in [-0.1, -0.05) is 41.4 Å². The SMILES string of the molecule is O=C1C[C@@H](c2ccsc2)[C@@]2(C(=O)Nc3cc(Cl)ccc32)[C@H](c2cccc(Cl)c2)C1. The summed E-state index contributed by atoms with van der Waals surface area (Å²) in [7, 11) is 0. The molecule has 0 bridgehead atoms. The predicted molar refractivity (Wildman–Crippen MR) is 117 cm³/mol. The molecule has 2 heterocycles. The number of Topliss-reactive ketones (excluding diaryl/α,β-unsaturated/α-hetero) is 1. The Kier molecular flexibility index (Phi) is 4.54. The lowest BCUT2D eigenvalue weighted by Gasteiger charge is -2.45. The van der Waals surface area contributed by atoms with Crippen LogP contribution in [0.4, 0.5) is 5.69 Å². The van der Waals surface area contributed by atoms with Gasteiger partial charge >= 0.3 is 0 Å². The van der Waals surface area contributed by atoms with E-state index in [1.165, 1.54) is 0 Å². The van der Waals surface area contributed by atoms with Crippen molar-refractivity contribution in [2.45, 2.75) is 30.1 Å². The maximum Gasteiger partial charge on any atom is 0.236 e. The predicted octanol–water partition coefficient (Wildman–Crippen LogP) is 6.18. The number of rotatable bonds is 2. The van der Waals surface area contributed by atoms with Gasteiger partial charge in [0, 0.05) is 40.4 Å². The van der Waals surface area contributed by atoms with Gasteiger partial charge in [0.05, 0.1) is 5.41 Å². The number of hydrogen-bond donors (Lipinski definition) is 1. The fourth-order valence-electron chi connectivity index (χ4n) is 5.08. The second-order valence-corrected chi connectivity index (χ2v) is 9.33. The molecular weight excluding hydrogens is 425 g/mol. The minimum absolute atomic E-state index is 0.0801. The van der Waals surface area contributed by atoms with Crippen molar-refractivity contribution in [3.05, 3.63) is 86.0 Å². The number of carbonyl (C=O) groups excluding carboxylic acids is 2. The van der Waals surface area contributed by atoms with Gasteiger partial charge in [-0.25, -0.2) is 0 Å². The van der Waals surface area contributed by atoms with Crippen LogP contribution in [0.5, 0.6) is 0 Å². The first-order valence-electron chi connectivity index (χ1n) is 9.41. The molecule has 0 radical (unpaired) electrons. The van der Waals surface area contributed by atoms with Gasteiger partial charge in [-0.05, 0) is 57.8 Å². The number of hydrogen-bond acceptors (Lipinski definition) is 3. The number of halogens is 2. The molecule has 1 saturated carbocycles. The highest BCUT2D eigenvalue weighted by atomic mass is 35.5. The van der Waals surface area contributed by atoms with Crippen LogP contribution < -0.4 is 5.32 Å². The van der Waals surface area contributed by atoms with Crippen LogP contribution in [0.3, 0.4) is 0 Å². The summed E-state index contributed by atoms with van der Waals surface area (Å²) in [5.41, 5.74) is 2.67. The van der Waals surface area contributed by atoms with Crippen LogP contribution in [0.25, 0.3) is 0 Å². The molecule has 3 atom stereocenters. The molecule has 1 aliphatic heterocycles. The van der Waals surface area contributed by atoms with Crippen molar-refractivity contribution in [2.24, 2.45) is 0 Å². The number of benzene rings is 2. The Morgan fingerprint density at radius 1 is 0.931 bits per heavy atom. The lowest BCUT2D eigenvalue weighted by molar-refractivity contribution is -0.128. The highest BCUT2D eigenvalue weighted by Crippen LogP contribution is 2.60. The van der Waals surface area contributed by atoms with E-state index >= 15 is 0 Å². The molecule has 3 nitrogen and oxygen atoms in total. The molecule has 3 aromatic rings. The van der Waals surface area contributed by atoms with E-state index in [0.29, 0.717) is 22.9 Å². The molecule has 6 heteroatoms. The summed E-state index contributed by atoms with van der Waals surface area (Å²) >= 11 is 14.1. The van der Waals surface area contributed by atoms with Crippen molar-refractivity contribution >= 4 is 51.9 Å². The molecule has 1 aliphatic carbocycles. The minimum atomic E-state index is -0.889. The molecular formula is C23H17Cl2NO2S. The Labute approximate surface area is 182 Å². The van der Waals surface area contributed by atoms with E-state index in [2.05, 4.69) is 5.32 Å².